The van der Waals surface area contributed by atoms with Gasteiger partial charge >= 0.3 is 0 Å². The van der Waals surface area contributed by atoms with Crippen molar-refractivity contribution in [3.63, 3.8) is 0 Å². The molecule has 1 aromatic rings. The van der Waals surface area contributed by atoms with E-state index in [1.807, 2.05) is 0 Å². The molecule has 1 aromatic heterocycles. The molecule has 16 heavy (non-hydrogen) atoms. The predicted octanol–water partition coefficient (Wildman–Crippen LogP) is -0.0814. The van der Waals surface area contributed by atoms with Crippen molar-refractivity contribution in [3.05, 3.63) is 12.4 Å². The molecule has 0 aliphatic heterocycles. The first-order valence-corrected chi connectivity index (χ1v) is 6.49. The lowest BCUT2D eigenvalue weighted by Gasteiger charge is -2.19. The van der Waals surface area contributed by atoms with Gasteiger partial charge in [0.1, 0.15) is 4.90 Å². The molecule has 0 bridgehead atoms. The Kier molecular flexibility index (Phi) is 3.72. The van der Waals surface area contributed by atoms with Gasteiger partial charge in [-0.2, -0.15) is 5.10 Å². The zero-order chi connectivity index (χ0) is 12.4. The average Bonchev–Trinajstić information content (AvgIpc) is 2.49. The van der Waals surface area contributed by atoms with Gasteiger partial charge < -0.3 is 5.73 Å². The normalized spacial score (nSPS) is 13.0. The van der Waals surface area contributed by atoms with Crippen LogP contribution in [-0.4, -0.2) is 30.3 Å². The van der Waals surface area contributed by atoms with Crippen LogP contribution in [0.2, 0.25) is 0 Å². The molecule has 0 aliphatic carbocycles. The third kappa shape index (κ3) is 3.58. The van der Waals surface area contributed by atoms with E-state index in [-0.39, 0.29) is 4.90 Å². The number of hydrogen-bond donors (Lipinski definition) is 2. The highest BCUT2D eigenvalue weighted by Crippen LogP contribution is 2.11. The Morgan fingerprint density at radius 2 is 2.12 bits per heavy atom. The van der Waals surface area contributed by atoms with Crippen LogP contribution in [0, 0.1) is 0 Å². The van der Waals surface area contributed by atoms with Crippen LogP contribution in [-0.2, 0) is 16.6 Å². The van der Waals surface area contributed by atoms with Crippen molar-refractivity contribution in [1.29, 1.82) is 0 Å². The Hall–Kier alpha value is -0.920. The SMILES string of the molecule is CC(C)(C)NS(=O)(=O)c1cnn(CCN)c1. The summed E-state index contributed by atoms with van der Waals surface area (Å²) in [4.78, 5) is 0.163. The maximum absolute atomic E-state index is 11.9. The zero-order valence-corrected chi connectivity index (χ0v) is 10.6. The largest absolute Gasteiger partial charge is 0.329 e. The molecule has 3 N–H and O–H groups in total. The van der Waals surface area contributed by atoms with E-state index in [9.17, 15) is 8.42 Å². The Balaban J connectivity index is 2.90. The van der Waals surface area contributed by atoms with E-state index < -0.39 is 15.6 Å². The van der Waals surface area contributed by atoms with Crippen molar-refractivity contribution >= 4 is 10.0 Å². The predicted molar refractivity (Wildman–Crippen MR) is 61.4 cm³/mol. The molecule has 0 saturated heterocycles. The molecular formula is C9H18N4O2S. The first kappa shape index (κ1) is 13.1. The van der Waals surface area contributed by atoms with Gasteiger partial charge in [-0.3, -0.25) is 4.68 Å². The fourth-order valence-electron chi connectivity index (χ4n) is 1.20. The van der Waals surface area contributed by atoms with E-state index in [0.717, 1.165) is 0 Å². The van der Waals surface area contributed by atoms with Crippen LogP contribution in [0.1, 0.15) is 20.8 Å². The number of sulfonamides is 1. The Morgan fingerprint density at radius 1 is 1.50 bits per heavy atom. The molecule has 0 aliphatic rings. The number of rotatable bonds is 4. The highest BCUT2D eigenvalue weighted by Gasteiger charge is 2.23. The topological polar surface area (TPSA) is 90.0 Å². The highest BCUT2D eigenvalue weighted by molar-refractivity contribution is 7.89. The molecule has 0 radical (unpaired) electrons. The number of nitrogens with one attached hydrogen (secondary N) is 1. The number of nitrogens with zero attached hydrogens (tertiary/aromatic N) is 2. The van der Waals surface area contributed by atoms with Crippen molar-refractivity contribution in [3.8, 4) is 0 Å². The maximum Gasteiger partial charge on any atom is 0.244 e. The van der Waals surface area contributed by atoms with Crippen molar-refractivity contribution in [1.82, 2.24) is 14.5 Å². The molecule has 6 nitrogen and oxygen atoms in total. The van der Waals surface area contributed by atoms with Gasteiger partial charge in [0.2, 0.25) is 10.0 Å². The minimum absolute atomic E-state index is 0.163. The van der Waals surface area contributed by atoms with E-state index in [0.29, 0.717) is 13.1 Å². The van der Waals surface area contributed by atoms with E-state index >= 15 is 0 Å². The van der Waals surface area contributed by atoms with Crippen molar-refractivity contribution in [2.45, 2.75) is 37.8 Å². The summed E-state index contributed by atoms with van der Waals surface area (Å²) in [6.07, 6.45) is 2.80. The second kappa shape index (κ2) is 4.52. The maximum atomic E-state index is 11.9. The molecule has 1 heterocycles. The van der Waals surface area contributed by atoms with Gasteiger partial charge in [0, 0.05) is 18.3 Å². The first-order chi connectivity index (χ1) is 7.24. The van der Waals surface area contributed by atoms with Crippen molar-refractivity contribution in [2.75, 3.05) is 6.54 Å². The molecule has 1 rings (SSSR count). The average molecular weight is 246 g/mol. The highest BCUT2D eigenvalue weighted by atomic mass is 32.2. The summed E-state index contributed by atoms with van der Waals surface area (Å²) in [7, 11) is -3.49. The number of nitrogens with two attached hydrogens (primary N) is 1. The number of aromatic nitrogens is 2. The third-order valence-electron chi connectivity index (χ3n) is 1.72. The zero-order valence-electron chi connectivity index (χ0n) is 9.77. The smallest absolute Gasteiger partial charge is 0.244 e. The Morgan fingerprint density at radius 3 is 2.62 bits per heavy atom. The third-order valence-corrected chi connectivity index (χ3v) is 3.43. The van der Waals surface area contributed by atoms with Crippen LogP contribution < -0.4 is 10.5 Å². The summed E-state index contributed by atoms with van der Waals surface area (Å²) in [6, 6.07) is 0. The lowest BCUT2D eigenvalue weighted by molar-refractivity contribution is 0.491. The minimum Gasteiger partial charge on any atom is -0.329 e. The molecule has 0 amide bonds. The minimum atomic E-state index is -3.49. The van der Waals surface area contributed by atoms with Gasteiger partial charge in [0.25, 0.3) is 0 Å². The van der Waals surface area contributed by atoms with Gasteiger partial charge in [0.15, 0.2) is 0 Å². The van der Waals surface area contributed by atoms with Gasteiger partial charge in [0.05, 0.1) is 12.7 Å². The van der Waals surface area contributed by atoms with Gasteiger partial charge in [-0.1, -0.05) is 0 Å². The molecule has 0 saturated carbocycles. The molecule has 7 heteroatoms. The van der Waals surface area contributed by atoms with E-state index in [4.69, 9.17) is 5.73 Å². The fraction of sp³-hybridized carbons (Fsp3) is 0.667. The van der Waals surface area contributed by atoms with E-state index in [2.05, 4.69) is 9.82 Å². The second-order valence-corrected chi connectivity index (χ2v) is 6.27. The second-order valence-electron chi connectivity index (χ2n) is 4.58. The van der Waals surface area contributed by atoms with E-state index in [1.165, 1.54) is 17.1 Å². The molecule has 0 fully saturated rings. The van der Waals surface area contributed by atoms with Crippen LogP contribution in [0.25, 0.3) is 0 Å². The van der Waals surface area contributed by atoms with Crippen LogP contribution in [0.15, 0.2) is 17.3 Å². The molecule has 0 aromatic carbocycles. The standard InChI is InChI=1S/C9H18N4O2S/c1-9(2,3)12-16(14,15)8-6-11-13(7-8)5-4-10/h6-7,12H,4-5,10H2,1-3H3. The van der Waals surface area contributed by atoms with Gasteiger partial charge in [-0.25, -0.2) is 13.1 Å². The fourth-order valence-corrected chi connectivity index (χ4v) is 2.57. The summed E-state index contributed by atoms with van der Waals surface area (Å²) in [5.41, 5.74) is 4.85. The van der Waals surface area contributed by atoms with Crippen LogP contribution in [0.4, 0.5) is 0 Å². The monoisotopic (exact) mass is 246 g/mol. The first-order valence-electron chi connectivity index (χ1n) is 5.01. The van der Waals surface area contributed by atoms with Crippen LogP contribution in [0.5, 0.6) is 0 Å². The van der Waals surface area contributed by atoms with Crippen LogP contribution >= 0.6 is 0 Å². The summed E-state index contributed by atoms with van der Waals surface area (Å²) in [6.45, 7) is 6.29. The van der Waals surface area contributed by atoms with Gasteiger partial charge in [-0.15, -0.1) is 0 Å². The van der Waals surface area contributed by atoms with E-state index in [1.54, 1.807) is 20.8 Å². The molecule has 0 spiro atoms. The summed E-state index contributed by atoms with van der Waals surface area (Å²) in [5, 5.41) is 3.92. The van der Waals surface area contributed by atoms with Crippen molar-refractivity contribution < 1.29 is 8.42 Å². The Labute approximate surface area is 95.9 Å². The molecular weight excluding hydrogens is 228 g/mol. The lowest BCUT2D eigenvalue weighted by atomic mass is 10.1. The van der Waals surface area contributed by atoms with Crippen LogP contribution in [0.3, 0.4) is 0 Å². The quantitative estimate of drug-likeness (QED) is 0.777. The summed E-state index contributed by atoms with van der Waals surface area (Å²) >= 11 is 0. The number of hydrogen-bond acceptors (Lipinski definition) is 4. The summed E-state index contributed by atoms with van der Waals surface area (Å²) < 4.78 is 27.8. The Bertz CT molecular complexity index is 444. The van der Waals surface area contributed by atoms with Crippen molar-refractivity contribution in [2.24, 2.45) is 5.73 Å². The molecule has 92 valence electrons. The lowest BCUT2D eigenvalue weighted by Crippen LogP contribution is -2.40. The summed E-state index contributed by atoms with van der Waals surface area (Å²) in [5.74, 6) is 0. The van der Waals surface area contributed by atoms with Gasteiger partial charge in [-0.05, 0) is 20.8 Å². The molecule has 0 unspecified atom stereocenters. The molecule has 0 atom stereocenters.